The van der Waals surface area contributed by atoms with E-state index in [0.717, 1.165) is 23.9 Å². The molecule has 118 valence electrons. The molecule has 0 radical (unpaired) electrons. The molecule has 3 heterocycles. The second-order valence-corrected chi connectivity index (χ2v) is 6.10. The summed E-state index contributed by atoms with van der Waals surface area (Å²) in [6.45, 7) is 1.83. The van der Waals surface area contributed by atoms with E-state index in [1.807, 2.05) is 23.1 Å². The number of carbonyl (C=O) groups excluding carboxylic acids is 1. The van der Waals surface area contributed by atoms with Crippen LogP contribution in [0.5, 0.6) is 0 Å². The number of fused-ring (bicyclic) bond motifs is 3. The minimum atomic E-state index is 0.113. The van der Waals surface area contributed by atoms with E-state index in [0.29, 0.717) is 24.5 Å². The standard InChI is InChI=1S/C15H15ClN6O/c16-10-1-2-13-11(7-10)12-8-21(5-3-14(12)18-13)15(23)4-6-22-9-17-19-20-22/h1-2,7,9,18H,3-6,8H2. The third-order valence-corrected chi connectivity index (χ3v) is 4.47. The van der Waals surface area contributed by atoms with E-state index < -0.39 is 0 Å². The lowest BCUT2D eigenvalue weighted by Crippen LogP contribution is -2.36. The number of nitrogens with one attached hydrogen (secondary N) is 1. The second-order valence-electron chi connectivity index (χ2n) is 5.66. The van der Waals surface area contributed by atoms with Crippen molar-refractivity contribution in [3.05, 3.63) is 40.8 Å². The maximum Gasteiger partial charge on any atom is 0.224 e. The predicted octanol–water partition coefficient (Wildman–Crippen LogP) is 1.78. The van der Waals surface area contributed by atoms with Gasteiger partial charge in [0, 0.05) is 53.1 Å². The summed E-state index contributed by atoms with van der Waals surface area (Å²) in [5.41, 5.74) is 3.44. The first kappa shape index (κ1) is 14.2. The molecule has 23 heavy (non-hydrogen) atoms. The molecule has 0 bridgehead atoms. The Hall–Kier alpha value is -2.41. The highest BCUT2D eigenvalue weighted by molar-refractivity contribution is 6.31. The zero-order valence-corrected chi connectivity index (χ0v) is 13.1. The number of aromatic nitrogens is 5. The SMILES string of the molecule is O=C(CCn1cnnn1)N1CCc2[nH]c3ccc(Cl)cc3c2C1. The van der Waals surface area contributed by atoms with Crippen LogP contribution < -0.4 is 0 Å². The Bertz CT molecular complexity index is 856. The monoisotopic (exact) mass is 330 g/mol. The number of hydrogen-bond donors (Lipinski definition) is 1. The second kappa shape index (κ2) is 5.66. The van der Waals surface area contributed by atoms with Crippen LogP contribution >= 0.6 is 11.6 Å². The van der Waals surface area contributed by atoms with Crippen molar-refractivity contribution in [2.24, 2.45) is 0 Å². The Morgan fingerprint density at radius 1 is 1.39 bits per heavy atom. The van der Waals surface area contributed by atoms with Crippen LogP contribution in [-0.4, -0.2) is 42.5 Å². The Morgan fingerprint density at radius 2 is 2.30 bits per heavy atom. The van der Waals surface area contributed by atoms with Crippen molar-refractivity contribution in [1.29, 1.82) is 0 Å². The molecule has 4 rings (SSSR count). The van der Waals surface area contributed by atoms with Crippen molar-refractivity contribution >= 4 is 28.4 Å². The number of aromatic amines is 1. The molecule has 1 N–H and O–H groups in total. The van der Waals surface area contributed by atoms with Gasteiger partial charge in [-0.1, -0.05) is 11.6 Å². The van der Waals surface area contributed by atoms with E-state index >= 15 is 0 Å². The average molecular weight is 331 g/mol. The summed E-state index contributed by atoms with van der Waals surface area (Å²) in [5, 5.41) is 12.7. The van der Waals surface area contributed by atoms with Gasteiger partial charge in [0.25, 0.3) is 0 Å². The smallest absolute Gasteiger partial charge is 0.224 e. The van der Waals surface area contributed by atoms with Crippen molar-refractivity contribution in [3.8, 4) is 0 Å². The first-order valence-electron chi connectivity index (χ1n) is 7.48. The predicted molar refractivity (Wildman–Crippen MR) is 84.9 cm³/mol. The normalized spacial score (nSPS) is 14.2. The van der Waals surface area contributed by atoms with Crippen molar-refractivity contribution < 1.29 is 4.79 Å². The summed E-state index contributed by atoms with van der Waals surface area (Å²) in [4.78, 5) is 17.8. The molecule has 1 aliphatic rings. The summed E-state index contributed by atoms with van der Waals surface area (Å²) in [6.07, 6.45) is 2.74. The molecule has 0 unspecified atom stereocenters. The first-order chi connectivity index (χ1) is 11.2. The molecule has 0 atom stereocenters. The van der Waals surface area contributed by atoms with E-state index in [1.165, 1.54) is 17.6 Å². The van der Waals surface area contributed by atoms with Crippen molar-refractivity contribution in [3.63, 3.8) is 0 Å². The van der Waals surface area contributed by atoms with Crippen molar-refractivity contribution in [2.45, 2.75) is 25.9 Å². The van der Waals surface area contributed by atoms with E-state index in [2.05, 4.69) is 20.5 Å². The minimum Gasteiger partial charge on any atom is -0.358 e. The number of H-pyrrole nitrogens is 1. The van der Waals surface area contributed by atoms with Crippen molar-refractivity contribution in [2.75, 3.05) is 6.54 Å². The number of aryl methyl sites for hydroxylation is 1. The van der Waals surface area contributed by atoms with Crippen LogP contribution in [0.2, 0.25) is 5.02 Å². The van der Waals surface area contributed by atoms with Gasteiger partial charge in [-0.15, -0.1) is 5.10 Å². The molecule has 3 aromatic rings. The van der Waals surface area contributed by atoms with Gasteiger partial charge >= 0.3 is 0 Å². The Kier molecular flexibility index (Phi) is 3.49. The molecule has 8 heteroatoms. The van der Waals surface area contributed by atoms with Gasteiger partial charge in [0.2, 0.25) is 5.91 Å². The van der Waals surface area contributed by atoms with Gasteiger partial charge in [0.1, 0.15) is 6.33 Å². The van der Waals surface area contributed by atoms with Gasteiger partial charge in [0.05, 0.1) is 6.54 Å². The third kappa shape index (κ3) is 2.68. The lowest BCUT2D eigenvalue weighted by Gasteiger charge is -2.27. The lowest BCUT2D eigenvalue weighted by atomic mass is 10.0. The third-order valence-electron chi connectivity index (χ3n) is 4.24. The van der Waals surface area contributed by atoms with Crippen LogP contribution in [0, 0.1) is 0 Å². The summed E-state index contributed by atoms with van der Waals surface area (Å²) in [6, 6.07) is 5.82. The summed E-state index contributed by atoms with van der Waals surface area (Å²) in [5.74, 6) is 0.113. The van der Waals surface area contributed by atoms with Crippen LogP contribution in [0.4, 0.5) is 0 Å². The van der Waals surface area contributed by atoms with Crippen LogP contribution in [0.3, 0.4) is 0 Å². The average Bonchev–Trinajstić information content (AvgIpc) is 3.19. The highest BCUT2D eigenvalue weighted by Crippen LogP contribution is 2.29. The summed E-state index contributed by atoms with van der Waals surface area (Å²) in [7, 11) is 0. The zero-order chi connectivity index (χ0) is 15.8. The number of tetrazole rings is 1. The van der Waals surface area contributed by atoms with Gasteiger partial charge in [-0.2, -0.15) is 0 Å². The molecule has 1 aliphatic heterocycles. The Morgan fingerprint density at radius 3 is 3.13 bits per heavy atom. The van der Waals surface area contributed by atoms with Crippen LogP contribution in [0.1, 0.15) is 17.7 Å². The minimum absolute atomic E-state index is 0.113. The van der Waals surface area contributed by atoms with E-state index in [9.17, 15) is 4.79 Å². The van der Waals surface area contributed by atoms with Gasteiger partial charge < -0.3 is 9.88 Å². The first-order valence-corrected chi connectivity index (χ1v) is 7.86. The highest BCUT2D eigenvalue weighted by atomic mass is 35.5. The Labute approximate surface area is 137 Å². The number of hydrogen-bond acceptors (Lipinski definition) is 4. The van der Waals surface area contributed by atoms with E-state index in [1.54, 1.807) is 4.68 Å². The summed E-state index contributed by atoms with van der Waals surface area (Å²) >= 11 is 6.11. The van der Waals surface area contributed by atoms with Crippen LogP contribution in [-0.2, 0) is 24.3 Å². The molecular formula is C15H15ClN6O. The molecule has 7 nitrogen and oxygen atoms in total. The zero-order valence-electron chi connectivity index (χ0n) is 12.4. The number of amides is 1. The maximum atomic E-state index is 12.4. The number of nitrogens with zero attached hydrogens (tertiary/aromatic N) is 5. The van der Waals surface area contributed by atoms with Crippen molar-refractivity contribution in [1.82, 2.24) is 30.1 Å². The fourth-order valence-corrected chi connectivity index (χ4v) is 3.22. The molecule has 2 aromatic heterocycles. The van der Waals surface area contributed by atoms with E-state index in [-0.39, 0.29) is 5.91 Å². The molecule has 0 saturated carbocycles. The number of benzene rings is 1. The maximum absolute atomic E-state index is 12.4. The van der Waals surface area contributed by atoms with Crippen LogP contribution in [0.15, 0.2) is 24.5 Å². The van der Waals surface area contributed by atoms with Gasteiger partial charge in [-0.25, -0.2) is 4.68 Å². The molecule has 1 aromatic carbocycles. The number of halogens is 1. The van der Waals surface area contributed by atoms with Gasteiger partial charge in [0.15, 0.2) is 0 Å². The van der Waals surface area contributed by atoms with E-state index in [4.69, 9.17) is 11.6 Å². The van der Waals surface area contributed by atoms with Crippen LogP contribution in [0.25, 0.3) is 10.9 Å². The molecular weight excluding hydrogens is 316 g/mol. The topological polar surface area (TPSA) is 79.7 Å². The lowest BCUT2D eigenvalue weighted by molar-refractivity contribution is -0.132. The Balaban J connectivity index is 1.52. The quantitative estimate of drug-likeness (QED) is 0.794. The molecule has 1 amide bonds. The molecule has 0 aliphatic carbocycles. The fraction of sp³-hybridized carbons (Fsp3) is 0.333. The molecule has 0 spiro atoms. The summed E-state index contributed by atoms with van der Waals surface area (Å²) < 4.78 is 1.57. The number of rotatable bonds is 3. The molecule has 0 saturated heterocycles. The highest BCUT2D eigenvalue weighted by Gasteiger charge is 2.23. The number of carbonyl (C=O) groups is 1. The van der Waals surface area contributed by atoms with Gasteiger partial charge in [-0.3, -0.25) is 4.79 Å². The fourth-order valence-electron chi connectivity index (χ4n) is 3.05. The van der Waals surface area contributed by atoms with Gasteiger partial charge in [-0.05, 0) is 28.6 Å². The largest absolute Gasteiger partial charge is 0.358 e. The molecule has 0 fully saturated rings.